The molecule has 5 aliphatic heterocycles. The number of rotatable bonds is 33. The smallest absolute Gasteiger partial charge is 0.338 e. The fraction of sp³-hybridized carbons (Fsp3) is 0.238. The van der Waals surface area contributed by atoms with Crippen molar-refractivity contribution in [2.75, 3.05) is 26.4 Å². The predicted molar refractivity (Wildman–Crippen MR) is 494 cm³/mol. The Morgan fingerprint density at radius 1 is 0.326 bits per heavy atom. The molecule has 0 bridgehead atoms. The number of fused-ring (bicyclic) bond motifs is 1. The molecule has 0 radical (unpaired) electrons. The lowest BCUT2D eigenvalue weighted by atomic mass is 9.94. The lowest BCUT2D eigenvalue weighted by Gasteiger charge is -2.51. The average molecular weight is 1950 g/mol. The molecule has 20 atom stereocenters. The summed E-state index contributed by atoms with van der Waals surface area (Å²) in [7, 11) is 0. The number of imide groups is 1. The molecule has 5 aliphatic rings. The van der Waals surface area contributed by atoms with Gasteiger partial charge >= 0.3 is 59.7 Å². The summed E-state index contributed by atoms with van der Waals surface area (Å²) in [4.78, 5) is 191. The van der Waals surface area contributed by atoms with Crippen LogP contribution >= 0.6 is 23.1 Å². The second kappa shape index (κ2) is 45.6. The molecule has 34 nitrogen and oxygen atoms in total. The number of ether oxygens (including phenoxy) is 17. The van der Waals surface area contributed by atoms with Gasteiger partial charge in [0.15, 0.2) is 65.9 Å². The SMILES string of the molecule is CC(=O)OC1C(OC2OC(COC(=O)c3ccccc3)C(OC(=O)c3ccccc3)C(OC(=O)c3ccccc3)C2OC(=O)c2ccccc2)C(COC2OC(COC(=O)c3ccccc3)C(OC3OC(COC(=O)c4ccccc4)C(O)C(O)C3OC(=O)c3ccccc3)C(OC(=O)c3ccccc3)C2OC(=O)c2ccccc2)OC(Sc2nc(-c3ccccn3)cs2)C1N1C(=O)c2ccccc2C1=O. The summed E-state index contributed by atoms with van der Waals surface area (Å²) in [5, 5.41) is 26.3. The van der Waals surface area contributed by atoms with Crippen molar-refractivity contribution in [3.63, 3.8) is 0 Å². The maximum absolute atomic E-state index is 15.8. The normalized spacial score (nSPS) is 24.5. The minimum absolute atomic E-state index is 0.00926. The summed E-state index contributed by atoms with van der Waals surface area (Å²) in [5.41, 5.74) is -2.01. The van der Waals surface area contributed by atoms with Crippen LogP contribution in [-0.4, -0.2) is 245 Å². The van der Waals surface area contributed by atoms with Crippen LogP contribution in [0.4, 0.5) is 0 Å². The van der Waals surface area contributed by atoms with E-state index in [2.05, 4.69) is 4.98 Å². The van der Waals surface area contributed by atoms with Gasteiger partial charge in [0, 0.05) is 18.5 Å². The number of amides is 2. The molecule has 4 fully saturated rings. The zero-order valence-corrected chi connectivity index (χ0v) is 76.1. The number of esters is 10. The van der Waals surface area contributed by atoms with Crippen molar-refractivity contribution in [1.82, 2.24) is 14.9 Å². The van der Waals surface area contributed by atoms with Crippen LogP contribution in [0.3, 0.4) is 0 Å². The molecule has 2 N–H and O–H groups in total. The summed E-state index contributed by atoms with van der Waals surface area (Å²) < 4.78 is 113. The molecule has 141 heavy (non-hydrogen) atoms. The molecule has 2 aromatic heterocycles. The highest BCUT2D eigenvalue weighted by Gasteiger charge is 2.63. The molecule has 2 amide bonds. The number of carbonyl (C=O) groups excluding carboxylic acids is 12. The van der Waals surface area contributed by atoms with Crippen LogP contribution in [0.15, 0.2) is 331 Å². The van der Waals surface area contributed by atoms with E-state index in [0.717, 1.165) is 34.9 Å². The van der Waals surface area contributed by atoms with Gasteiger partial charge in [0.1, 0.15) is 85.8 Å². The van der Waals surface area contributed by atoms with Crippen LogP contribution in [-0.2, 0) is 85.3 Å². The molecule has 0 spiro atoms. The van der Waals surface area contributed by atoms with Gasteiger partial charge in [-0.25, -0.2) is 48.1 Å². The van der Waals surface area contributed by atoms with Crippen molar-refractivity contribution < 1.29 is 148 Å². The Kier molecular flexibility index (Phi) is 31.5. The average Bonchev–Trinajstić information content (AvgIpc) is 1.74. The number of thiazole rings is 1. The molecule has 0 saturated carbocycles. The topological polar surface area (TPSA) is 431 Å². The van der Waals surface area contributed by atoms with Crippen molar-refractivity contribution >= 4 is 94.6 Å². The van der Waals surface area contributed by atoms with Crippen LogP contribution in [0.5, 0.6) is 0 Å². The molecule has 720 valence electrons. The van der Waals surface area contributed by atoms with Crippen LogP contribution in [0.1, 0.15) is 121 Å². The summed E-state index contributed by atoms with van der Waals surface area (Å²) in [6.45, 7) is -2.90. The molecular weight excluding hydrogens is 1860 g/mol. The Morgan fingerprint density at radius 2 is 0.645 bits per heavy atom. The predicted octanol–water partition coefficient (Wildman–Crippen LogP) is 12.2. The van der Waals surface area contributed by atoms with E-state index in [1.807, 2.05) is 0 Å². The molecule has 36 heteroatoms. The van der Waals surface area contributed by atoms with Gasteiger partial charge in [0.2, 0.25) is 0 Å². The van der Waals surface area contributed by atoms with Crippen LogP contribution in [0.25, 0.3) is 11.4 Å². The first kappa shape index (κ1) is 97.5. The van der Waals surface area contributed by atoms with Gasteiger partial charge in [-0.2, -0.15) is 0 Å². The monoisotopic (exact) mass is 1950 g/mol. The first-order valence-electron chi connectivity index (χ1n) is 44.5. The molecule has 20 unspecified atom stereocenters. The highest BCUT2D eigenvalue weighted by Crippen LogP contribution is 2.46. The molecule has 4 saturated heterocycles. The second-order valence-corrected chi connectivity index (χ2v) is 34.6. The number of benzene rings is 10. The molecule has 0 aliphatic carbocycles. The molecular formula is C105H87N3O31S2. The Morgan fingerprint density at radius 3 is 1.05 bits per heavy atom. The van der Waals surface area contributed by atoms with Crippen molar-refractivity contribution in [3.8, 4) is 11.4 Å². The lowest BCUT2D eigenvalue weighted by molar-refractivity contribution is -0.362. The molecule has 17 rings (SSSR count). The van der Waals surface area contributed by atoms with E-state index in [9.17, 15) is 39.0 Å². The Labute approximate surface area is 812 Å². The third kappa shape index (κ3) is 23.2. The van der Waals surface area contributed by atoms with Gasteiger partial charge in [-0.15, -0.1) is 11.3 Å². The number of thioether (sulfide) groups is 1. The van der Waals surface area contributed by atoms with E-state index in [1.165, 1.54) is 225 Å². The minimum Gasteiger partial charge on any atom is -0.459 e. The Bertz CT molecular complexity index is 6360. The summed E-state index contributed by atoms with van der Waals surface area (Å²) in [5.74, 6) is -12.9. The van der Waals surface area contributed by atoms with E-state index in [1.54, 1.807) is 102 Å². The standard InChI is InChI=1S/C105H87N3O31S2/c1-60(109)127-84-78(108-90(112)70-51-29-30-52-71(70)91(108)113)104(141-105-107-73(59-140-105)72-53-31-32-54-106-72)131-77(81(84)138-103-89(137-100(122)69-49-27-10-28-50-69)86(134-97(119)66-43-21-7-22-44-66)82(132-95(117)64-39-17-5-18-40-64)75(130-103)56-124-93(115)62-35-13-3-14-36-62)58-126-101-88(136-99(121)68-47-25-9-26-48-68)87(135-98(120)67-45-23-8-24-46-67)83(76(129-101)57-125-94(116)63-37-15-4-16-38-63)139-102-85(133-96(118)65-41-19-6-20-42-65)80(111)79(110)74(128-102)55-123-92(114)61-33-11-2-12-34-61/h2-54,59,74-89,101-104,110-111H,55-58H2,1H3. The van der Waals surface area contributed by atoms with E-state index in [0.29, 0.717) is 11.4 Å². The van der Waals surface area contributed by atoms with E-state index in [-0.39, 0.29) is 65.5 Å². The maximum Gasteiger partial charge on any atom is 0.338 e. The van der Waals surface area contributed by atoms with Crippen molar-refractivity contribution in [1.29, 1.82) is 0 Å². The largest absolute Gasteiger partial charge is 0.459 e. The highest BCUT2D eigenvalue weighted by atomic mass is 32.2. The Balaban J connectivity index is 0.843. The fourth-order valence-electron chi connectivity index (χ4n) is 16.3. The van der Waals surface area contributed by atoms with Gasteiger partial charge in [0.25, 0.3) is 11.8 Å². The summed E-state index contributed by atoms with van der Waals surface area (Å²) in [6, 6.07) is 76.0. The molecule has 7 heterocycles. The highest BCUT2D eigenvalue weighted by molar-refractivity contribution is 8.01. The zero-order valence-electron chi connectivity index (χ0n) is 74.4. The number of aliphatic hydroxyl groups excluding tert-OH is 2. The van der Waals surface area contributed by atoms with E-state index < -0.39 is 220 Å². The van der Waals surface area contributed by atoms with Gasteiger partial charge < -0.3 is 90.7 Å². The van der Waals surface area contributed by atoms with Gasteiger partial charge in [-0.05, 0) is 133 Å². The van der Waals surface area contributed by atoms with Gasteiger partial charge in [0.05, 0.1) is 73.5 Å². The summed E-state index contributed by atoms with van der Waals surface area (Å²) in [6.07, 6.45) is -37.2. The molecule has 12 aromatic rings. The van der Waals surface area contributed by atoms with Crippen molar-refractivity contribution in [3.05, 3.63) is 388 Å². The third-order valence-electron chi connectivity index (χ3n) is 23.2. The van der Waals surface area contributed by atoms with E-state index >= 15 is 28.8 Å². The number of carbonyl (C=O) groups is 12. The number of hydrogen-bond acceptors (Lipinski definition) is 35. The zero-order chi connectivity index (χ0) is 98.0. The first-order chi connectivity index (χ1) is 68.6. The van der Waals surface area contributed by atoms with Crippen LogP contribution in [0.2, 0.25) is 0 Å². The number of aliphatic hydroxyl groups is 2. The van der Waals surface area contributed by atoms with Crippen molar-refractivity contribution in [2.45, 2.75) is 133 Å². The van der Waals surface area contributed by atoms with E-state index in [4.69, 9.17) is 85.5 Å². The maximum atomic E-state index is 15.8. The van der Waals surface area contributed by atoms with Crippen LogP contribution < -0.4 is 0 Å². The van der Waals surface area contributed by atoms with Crippen molar-refractivity contribution in [2.24, 2.45) is 0 Å². The first-order valence-corrected chi connectivity index (χ1v) is 46.2. The Hall–Kier alpha value is -15.2. The van der Waals surface area contributed by atoms with Gasteiger partial charge in [-0.1, -0.05) is 194 Å². The lowest BCUT2D eigenvalue weighted by Crippen LogP contribution is -2.69. The number of hydrogen-bond donors (Lipinski definition) is 2. The molecule has 10 aromatic carbocycles. The van der Waals surface area contributed by atoms with Crippen LogP contribution in [0, 0.1) is 0 Å². The number of nitrogens with zero attached hydrogens (tertiary/aromatic N) is 3. The summed E-state index contributed by atoms with van der Waals surface area (Å²) >= 11 is 1.85. The minimum atomic E-state index is -2.39. The number of aromatic nitrogens is 2. The number of pyridine rings is 1. The quantitative estimate of drug-likeness (QED) is 0.0219. The second-order valence-electron chi connectivity index (χ2n) is 32.4. The van der Waals surface area contributed by atoms with Gasteiger partial charge in [-0.3, -0.25) is 24.3 Å². The third-order valence-corrected chi connectivity index (χ3v) is 25.3. The fourth-order valence-corrected chi connectivity index (χ4v) is 18.5.